The lowest BCUT2D eigenvalue weighted by Crippen LogP contribution is -2.14. The van der Waals surface area contributed by atoms with Crippen molar-refractivity contribution in [1.29, 1.82) is 0 Å². The lowest BCUT2D eigenvalue weighted by Gasteiger charge is -2.08. The van der Waals surface area contributed by atoms with Crippen LogP contribution in [0.3, 0.4) is 0 Å². The second-order valence-electron chi connectivity index (χ2n) is 3.90. The van der Waals surface area contributed by atoms with E-state index in [1.165, 1.54) is 24.3 Å². The van der Waals surface area contributed by atoms with Gasteiger partial charge in [0.05, 0.1) is 0 Å². The molecule has 0 aliphatic carbocycles. The van der Waals surface area contributed by atoms with Crippen molar-refractivity contribution in [1.82, 2.24) is 0 Å². The van der Waals surface area contributed by atoms with Gasteiger partial charge in [0, 0.05) is 17.5 Å². The molecular formula is C14H11F2NO. The quantitative estimate of drug-likeness (QED) is 0.890. The van der Waals surface area contributed by atoms with E-state index in [9.17, 15) is 13.6 Å². The first-order valence-electron chi connectivity index (χ1n) is 5.40. The summed E-state index contributed by atoms with van der Waals surface area (Å²) in [4.78, 5) is 11.2. The molecule has 0 bridgehead atoms. The van der Waals surface area contributed by atoms with E-state index in [1.54, 1.807) is 18.2 Å². The van der Waals surface area contributed by atoms with E-state index in [0.717, 1.165) is 0 Å². The van der Waals surface area contributed by atoms with Crippen LogP contribution in [0.1, 0.15) is 21.5 Å². The van der Waals surface area contributed by atoms with Gasteiger partial charge in [-0.05, 0) is 23.8 Å². The standard InChI is InChI=1S/C14H11F2NO/c15-12-6-3-7-13(16)11(12)8-9-4-1-2-5-10(9)14(17)18/h1-7H,8H2,(H2,17,18). The van der Waals surface area contributed by atoms with E-state index in [-0.39, 0.29) is 17.5 Å². The summed E-state index contributed by atoms with van der Waals surface area (Å²) in [7, 11) is 0. The Hall–Kier alpha value is -2.23. The molecule has 2 aromatic rings. The Morgan fingerprint density at radius 3 is 2.22 bits per heavy atom. The molecule has 2 nitrogen and oxygen atoms in total. The first kappa shape index (κ1) is 12.2. The minimum absolute atomic E-state index is 0.00236. The van der Waals surface area contributed by atoms with E-state index in [1.807, 2.05) is 0 Å². The molecule has 0 aromatic heterocycles. The van der Waals surface area contributed by atoms with Gasteiger partial charge >= 0.3 is 0 Å². The highest BCUT2D eigenvalue weighted by Gasteiger charge is 2.13. The van der Waals surface area contributed by atoms with Crippen molar-refractivity contribution in [3.05, 3.63) is 70.8 Å². The van der Waals surface area contributed by atoms with Crippen LogP contribution in [0.4, 0.5) is 8.78 Å². The molecule has 0 saturated carbocycles. The fourth-order valence-electron chi connectivity index (χ4n) is 1.81. The van der Waals surface area contributed by atoms with Gasteiger partial charge in [0.25, 0.3) is 0 Å². The Balaban J connectivity index is 2.43. The van der Waals surface area contributed by atoms with Crippen molar-refractivity contribution >= 4 is 5.91 Å². The van der Waals surface area contributed by atoms with Gasteiger partial charge in [0.2, 0.25) is 5.91 Å². The number of benzene rings is 2. The SMILES string of the molecule is NC(=O)c1ccccc1Cc1c(F)cccc1F. The van der Waals surface area contributed by atoms with Crippen LogP contribution in [0, 0.1) is 11.6 Å². The Kier molecular flexibility index (Phi) is 3.37. The predicted molar refractivity (Wildman–Crippen MR) is 64.1 cm³/mol. The highest BCUT2D eigenvalue weighted by Crippen LogP contribution is 2.19. The maximum absolute atomic E-state index is 13.5. The van der Waals surface area contributed by atoms with Gasteiger partial charge in [0.1, 0.15) is 11.6 Å². The average molecular weight is 247 g/mol. The van der Waals surface area contributed by atoms with Gasteiger partial charge in [-0.25, -0.2) is 8.78 Å². The van der Waals surface area contributed by atoms with Gasteiger partial charge in [0.15, 0.2) is 0 Å². The minimum Gasteiger partial charge on any atom is -0.366 e. The third-order valence-corrected chi connectivity index (χ3v) is 2.71. The largest absolute Gasteiger partial charge is 0.366 e. The van der Waals surface area contributed by atoms with Crippen LogP contribution < -0.4 is 5.73 Å². The molecule has 0 fully saturated rings. The summed E-state index contributed by atoms with van der Waals surface area (Å²) in [6.45, 7) is 0. The molecule has 0 radical (unpaired) electrons. The van der Waals surface area contributed by atoms with Crippen LogP contribution in [-0.2, 0) is 6.42 Å². The zero-order chi connectivity index (χ0) is 13.1. The second kappa shape index (κ2) is 4.96. The van der Waals surface area contributed by atoms with Crippen molar-refractivity contribution < 1.29 is 13.6 Å². The monoisotopic (exact) mass is 247 g/mol. The number of primary amides is 1. The van der Waals surface area contributed by atoms with Crippen molar-refractivity contribution in [2.45, 2.75) is 6.42 Å². The van der Waals surface area contributed by atoms with Crippen LogP contribution in [-0.4, -0.2) is 5.91 Å². The highest BCUT2D eigenvalue weighted by molar-refractivity contribution is 5.94. The Morgan fingerprint density at radius 2 is 1.61 bits per heavy atom. The Labute approximate surface area is 103 Å². The van der Waals surface area contributed by atoms with Gasteiger partial charge in [-0.2, -0.15) is 0 Å². The Bertz CT molecular complexity index is 576. The van der Waals surface area contributed by atoms with Gasteiger partial charge in [-0.1, -0.05) is 24.3 Å². The summed E-state index contributed by atoms with van der Waals surface area (Å²) < 4.78 is 27.0. The maximum atomic E-state index is 13.5. The molecule has 0 spiro atoms. The lowest BCUT2D eigenvalue weighted by molar-refractivity contribution is 0.0999. The molecule has 92 valence electrons. The van der Waals surface area contributed by atoms with E-state index in [4.69, 9.17) is 5.73 Å². The normalized spacial score (nSPS) is 10.3. The number of rotatable bonds is 3. The number of nitrogens with two attached hydrogens (primary N) is 1. The summed E-state index contributed by atoms with van der Waals surface area (Å²) in [6.07, 6.45) is -0.00236. The first-order valence-corrected chi connectivity index (χ1v) is 5.40. The highest BCUT2D eigenvalue weighted by atomic mass is 19.1. The molecule has 18 heavy (non-hydrogen) atoms. The molecule has 0 aliphatic heterocycles. The number of carbonyl (C=O) groups excluding carboxylic acids is 1. The summed E-state index contributed by atoms with van der Waals surface area (Å²) >= 11 is 0. The first-order chi connectivity index (χ1) is 8.59. The van der Waals surface area contributed by atoms with Gasteiger partial charge in [-0.3, -0.25) is 4.79 Å². The van der Waals surface area contributed by atoms with Crippen LogP contribution in [0.2, 0.25) is 0 Å². The Morgan fingerprint density at radius 1 is 1.00 bits per heavy atom. The van der Waals surface area contributed by atoms with Crippen LogP contribution >= 0.6 is 0 Å². The molecule has 2 aromatic carbocycles. The third-order valence-electron chi connectivity index (χ3n) is 2.71. The molecule has 1 amide bonds. The van der Waals surface area contributed by atoms with E-state index < -0.39 is 17.5 Å². The second-order valence-corrected chi connectivity index (χ2v) is 3.90. The summed E-state index contributed by atoms with van der Waals surface area (Å²) in [5.74, 6) is -1.87. The number of hydrogen-bond acceptors (Lipinski definition) is 1. The van der Waals surface area contributed by atoms with Gasteiger partial charge < -0.3 is 5.73 Å². The zero-order valence-corrected chi connectivity index (χ0v) is 9.49. The smallest absolute Gasteiger partial charge is 0.248 e. The molecular weight excluding hydrogens is 236 g/mol. The topological polar surface area (TPSA) is 43.1 Å². The van der Waals surface area contributed by atoms with Gasteiger partial charge in [-0.15, -0.1) is 0 Å². The fraction of sp³-hybridized carbons (Fsp3) is 0.0714. The van der Waals surface area contributed by atoms with E-state index in [0.29, 0.717) is 5.56 Å². The predicted octanol–water partition coefficient (Wildman–Crippen LogP) is 2.65. The van der Waals surface area contributed by atoms with E-state index in [2.05, 4.69) is 0 Å². The van der Waals surface area contributed by atoms with Crippen LogP contribution in [0.5, 0.6) is 0 Å². The molecule has 0 saturated heterocycles. The maximum Gasteiger partial charge on any atom is 0.248 e. The van der Waals surface area contributed by atoms with Crippen LogP contribution in [0.25, 0.3) is 0 Å². The minimum atomic E-state index is -0.630. The van der Waals surface area contributed by atoms with Crippen molar-refractivity contribution in [2.24, 2.45) is 5.73 Å². The molecule has 4 heteroatoms. The van der Waals surface area contributed by atoms with Crippen molar-refractivity contribution in [3.8, 4) is 0 Å². The molecule has 0 unspecified atom stereocenters. The van der Waals surface area contributed by atoms with Crippen LogP contribution in [0.15, 0.2) is 42.5 Å². The number of amides is 1. The average Bonchev–Trinajstić information content (AvgIpc) is 2.34. The van der Waals surface area contributed by atoms with Crippen molar-refractivity contribution in [3.63, 3.8) is 0 Å². The molecule has 2 N–H and O–H groups in total. The van der Waals surface area contributed by atoms with Crippen molar-refractivity contribution in [2.75, 3.05) is 0 Å². The molecule has 0 atom stereocenters. The zero-order valence-electron chi connectivity index (χ0n) is 9.49. The lowest BCUT2D eigenvalue weighted by atomic mass is 9.99. The number of halogens is 2. The third kappa shape index (κ3) is 2.37. The summed E-state index contributed by atoms with van der Waals surface area (Å²) in [6, 6.07) is 10.2. The van der Waals surface area contributed by atoms with E-state index >= 15 is 0 Å². The summed E-state index contributed by atoms with van der Waals surface area (Å²) in [5, 5.41) is 0. The number of carbonyl (C=O) groups is 1. The number of hydrogen-bond donors (Lipinski definition) is 1. The molecule has 2 rings (SSSR count). The summed E-state index contributed by atoms with van der Waals surface area (Å²) in [5.41, 5.74) is 5.94. The molecule has 0 aliphatic rings. The molecule has 0 heterocycles. The fourth-order valence-corrected chi connectivity index (χ4v) is 1.81.